The fourth-order valence-corrected chi connectivity index (χ4v) is 0.139. The molecule has 0 saturated carbocycles. The molecular formula is C4H7NO3. The Morgan fingerprint density at radius 3 is 2.75 bits per heavy atom. The number of carbonyl (C=O) groups excluding carboxylic acids is 1. The van der Waals surface area contributed by atoms with E-state index in [0.717, 1.165) is 6.40 Å². The van der Waals surface area contributed by atoms with Gasteiger partial charge in [0.2, 0.25) is 6.40 Å². The first-order valence-corrected chi connectivity index (χ1v) is 1.99. The van der Waals surface area contributed by atoms with Gasteiger partial charge in [0.15, 0.2) is 0 Å². The zero-order valence-electron chi connectivity index (χ0n) is 4.75. The van der Waals surface area contributed by atoms with Crippen LogP contribution in [0.2, 0.25) is 0 Å². The number of oxime groups is 1. The standard InChI is InChI=1S/C4H7NO3/c1-4(6)8-3-5-7-2/h3H,1-2H3/b5-3+. The maximum atomic E-state index is 9.95. The minimum atomic E-state index is -0.411. The summed E-state index contributed by atoms with van der Waals surface area (Å²) in [6.45, 7) is 1.28. The summed E-state index contributed by atoms with van der Waals surface area (Å²) in [7, 11) is 1.36. The van der Waals surface area contributed by atoms with Crippen molar-refractivity contribution in [1.82, 2.24) is 0 Å². The summed E-state index contributed by atoms with van der Waals surface area (Å²) < 4.78 is 4.23. The van der Waals surface area contributed by atoms with Crippen LogP contribution in [-0.2, 0) is 14.4 Å². The molecular weight excluding hydrogens is 110 g/mol. The number of carbonyl (C=O) groups is 1. The van der Waals surface area contributed by atoms with Gasteiger partial charge in [-0.25, -0.2) is 0 Å². The van der Waals surface area contributed by atoms with Gasteiger partial charge >= 0.3 is 5.97 Å². The van der Waals surface area contributed by atoms with E-state index in [1.54, 1.807) is 0 Å². The zero-order chi connectivity index (χ0) is 6.41. The largest absolute Gasteiger partial charge is 0.411 e. The van der Waals surface area contributed by atoms with Gasteiger partial charge in [-0.3, -0.25) is 4.79 Å². The summed E-state index contributed by atoms with van der Waals surface area (Å²) >= 11 is 0. The van der Waals surface area contributed by atoms with E-state index in [9.17, 15) is 4.79 Å². The normalized spacial score (nSPS) is 9.25. The van der Waals surface area contributed by atoms with E-state index < -0.39 is 5.97 Å². The predicted molar refractivity (Wildman–Crippen MR) is 27.3 cm³/mol. The summed E-state index contributed by atoms with van der Waals surface area (Å²) in [5.41, 5.74) is 0. The fraction of sp³-hybridized carbons (Fsp3) is 0.500. The Bertz CT molecular complexity index is 99.5. The first-order chi connectivity index (χ1) is 3.77. The van der Waals surface area contributed by atoms with Crippen molar-refractivity contribution in [3.05, 3.63) is 0 Å². The van der Waals surface area contributed by atoms with Crippen LogP contribution in [0.5, 0.6) is 0 Å². The van der Waals surface area contributed by atoms with E-state index in [1.165, 1.54) is 14.0 Å². The van der Waals surface area contributed by atoms with Gasteiger partial charge in [0.05, 0.1) is 0 Å². The molecule has 0 unspecified atom stereocenters. The van der Waals surface area contributed by atoms with Crippen LogP contribution in [-0.4, -0.2) is 19.5 Å². The lowest BCUT2D eigenvalue weighted by Crippen LogP contribution is -1.94. The first kappa shape index (κ1) is 6.94. The van der Waals surface area contributed by atoms with Crippen molar-refractivity contribution in [3.8, 4) is 0 Å². The Hall–Kier alpha value is -1.06. The van der Waals surface area contributed by atoms with Gasteiger partial charge in [-0.2, -0.15) is 0 Å². The van der Waals surface area contributed by atoms with E-state index >= 15 is 0 Å². The van der Waals surface area contributed by atoms with Crippen LogP contribution in [0, 0.1) is 0 Å². The molecule has 0 fully saturated rings. The van der Waals surface area contributed by atoms with E-state index in [2.05, 4.69) is 14.7 Å². The summed E-state index contributed by atoms with van der Waals surface area (Å²) in [4.78, 5) is 14.1. The summed E-state index contributed by atoms with van der Waals surface area (Å²) in [5, 5.41) is 3.14. The highest BCUT2D eigenvalue weighted by Gasteiger charge is 1.82. The maximum Gasteiger partial charge on any atom is 0.309 e. The summed E-state index contributed by atoms with van der Waals surface area (Å²) in [6, 6.07) is 0. The van der Waals surface area contributed by atoms with Crippen molar-refractivity contribution in [2.45, 2.75) is 6.92 Å². The second kappa shape index (κ2) is 4.11. The topological polar surface area (TPSA) is 47.9 Å². The molecule has 0 aromatic rings. The minimum absolute atomic E-state index is 0.411. The SMILES string of the molecule is CO/N=C/OC(C)=O. The van der Waals surface area contributed by atoms with E-state index in [1.807, 2.05) is 0 Å². The third-order valence-corrected chi connectivity index (χ3v) is 0.367. The minimum Gasteiger partial charge on any atom is -0.411 e. The highest BCUT2D eigenvalue weighted by molar-refractivity contribution is 5.75. The molecule has 0 rings (SSSR count). The summed E-state index contributed by atoms with van der Waals surface area (Å²) in [6.07, 6.45) is 0.933. The third-order valence-electron chi connectivity index (χ3n) is 0.367. The maximum absolute atomic E-state index is 9.95. The monoisotopic (exact) mass is 117 g/mol. The van der Waals surface area contributed by atoms with Gasteiger partial charge in [0.25, 0.3) is 0 Å². The van der Waals surface area contributed by atoms with Crippen LogP contribution in [0.25, 0.3) is 0 Å². The molecule has 0 bridgehead atoms. The number of hydrogen-bond donors (Lipinski definition) is 0. The van der Waals surface area contributed by atoms with E-state index in [-0.39, 0.29) is 0 Å². The Kier molecular flexibility index (Phi) is 3.56. The highest BCUT2D eigenvalue weighted by atomic mass is 16.6. The van der Waals surface area contributed by atoms with Crippen LogP contribution in [0.1, 0.15) is 6.92 Å². The van der Waals surface area contributed by atoms with Gasteiger partial charge < -0.3 is 9.57 Å². The van der Waals surface area contributed by atoms with Crippen LogP contribution < -0.4 is 0 Å². The molecule has 0 radical (unpaired) electrons. The Labute approximate surface area is 47.1 Å². The molecule has 0 aliphatic carbocycles. The van der Waals surface area contributed by atoms with E-state index in [0.29, 0.717) is 0 Å². The molecule has 0 aromatic carbocycles. The van der Waals surface area contributed by atoms with Crippen molar-refractivity contribution < 1.29 is 14.4 Å². The van der Waals surface area contributed by atoms with Gasteiger partial charge in [-0.05, 0) is 0 Å². The smallest absolute Gasteiger partial charge is 0.309 e. The Morgan fingerprint density at radius 1 is 1.75 bits per heavy atom. The molecule has 0 N–H and O–H groups in total. The molecule has 0 atom stereocenters. The number of rotatable bonds is 2. The molecule has 0 aliphatic heterocycles. The lowest BCUT2D eigenvalue weighted by atomic mass is 10.8. The third kappa shape index (κ3) is 4.94. The molecule has 4 nitrogen and oxygen atoms in total. The lowest BCUT2D eigenvalue weighted by Gasteiger charge is -1.86. The van der Waals surface area contributed by atoms with Crippen LogP contribution in [0.4, 0.5) is 0 Å². The predicted octanol–water partition coefficient (Wildman–Crippen LogP) is 0.139. The van der Waals surface area contributed by atoms with Crippen LogP contribution in [0.3, 0.4) is 0 Å². The Morgan fingerprint density at radius 2 is 2.38 bits per heavy atom. The second-order valence-electron chi connectivity index (χ2n) is 1.00. The molecule has 0 saturated heterocycles. The lowest BCUT2D eigenvalue weighted by molar-refractivity contribution is -0.132. The van der Waals surface area contributed by atoms with Crippen LogP contribution >= 0.6 is 0 Å². The first-order valence-electron chi connectivity index (χ1n) is 1.99. The molecule has 8 heavy (non-hydrogen) atoms. The van der Waals surface area contributed by atoms with Crippen molar-refractivity contribution in [3.63, 3.8) is 0 Å². The summed E-state index contributed by atoms with van der Waals surface area (Å²) in [5.74, 6) is -0.411. The number of ether oxygens (including phenoxy) is 1. The quantitative estimate of drug-likeness (QED) is 0.224. The number of hydrogen-bond acceptors (Lipinski definition) is 4. The van der Waals surface area contributed by atoms with Gasteiger partial charge in [0.1, 0.15) is 7.11 Å². The zero-order valence-corrected chi connectivity index (χ0v) is 4.75. The fourth-order valence-electron chi connectivity index (χ4n) is 0.139. The average Bonchev–Trinajstić information content (AvgIpc) is 1.66. The van der Waals surface area contributed by atoms with Crippen LogP contribution in [0.15, 0.2) is 5.16 Å². The molecule has 0 amide bonds. The molecule has 0 aromatic heterocycles. The van der Waals surface area contributed by atoms with Gasteiger partial charge in [0, 0.05) is 6.92 Å². The second-order valence-corrected chi connectivity index (χ2v) is 1.00. The van der Waals surface area contributed by atoms with Crippen molar-refractivity contribution in [2.75, 3.05) is 7.11 Å². The van der Waals surface area contributed by atoms with E-state index in [4.69, 9.17) is 0 Å². The van der Waals surface area contributed by atoms with Crippen molar-refractivity contribution in [1.29, 1.82) is 0 Å². The number of nitrogens with zero attached hydrogens (tertiary/aromatic N) is 1. The van der Waals surface area contributed by atoms with Crippen molar-refractivity contribution >= 4 is 12.4 Å². The van der Waals surface area contributed by atoms with Gasteiger partial charge in [-0.15, -0.1) is 0 Å². The Balaban J connectivity index is 3.16. The molecule has 0 spiro atoms. The number of esters is 1. The molecule has 4 heteroatoms. The highest BCUT2D eigenvalue weighted by Crippen LogP contribution is 1.69. The van der Waals surface area contributed by atoms with Crippen molar-refractivity contribution in [2.24, 2.45) is 5.16 Å². The molecule has 0 aliphatic rings. The molecule has 0 heterocycles. The average molecular weight is 117 g/mol. The van der Waals surface area contributed by atoms with Gasteiger partial charge in [-0.1, -0.05) is 5.16 Å². The molecule has 46 valence electrons.